The molecule has 2 heterocycles. The zero-order chi connectivity index (χ0) is 22.8. The molecule has 4 rings (SSSR count). The minimum Gasteiger partial charge on any atom is -0.347 e. The lowest BCUT2D eigenvalue weighted by Gasteiger charge is -2.42. The number of sulfonamides is 1. The Morgan fingerprint density at radius 2 is 1.69 bits per heavy atom. The van der Waals surface area contributed by atoms with Gasteiger partial charge in [0.05, 0.1) is 26.3 Å². The van der Waals surface area contributed by atoms with Gasteiger partial charge in [0.1, 0.15) is 16.5 Å². The van der Waals surface area contributed by atoms with Gasteiger partial charge in [0.25, 0.3) is 0 Å². The van der Waals surface area contributed by atoms with Crippen molar-refractivity contribution in [3.8, 4) is 0 Å². The molecule has 0 aliphatic carbocycles. The minimum atomic E-state index is -4.13. The average molecular weight is 467 g/mol. The molecule has 8 nitrogen and oxygen atoms in total. The van der Waals surface area contributed by atoms with Crippen LogP contribution in [0.5, 0.6) is 0 Å². The SMILES string of the molecule is O=C(Nc1ccc(F)cc1)N1CCCOC2(C1)CN(S(=O)(=O)c1ccccc1F)CCO2. The van der Waals surface area contributed by atoms with Crippen LogP contribution in [0.1, 0.15) is 6.42 Å². The van der Waals surface area contributed by atoms with Crippen LogP contribution in [-0.2, 0) is 19.5 Å². The number of carbonyl (C=O) groups is 1. The molecule has 2 aliphatic rings. The van der Waals surface area contributed by atoms with Crippen molar-refractivity contribution in [2.24, 2.45) is 0 Å². The topological polar surface area (TPSA) is 88.2 Å². The Morgan fingerprint density at radius 3 is 2.44 bits per heavy atom. The number of halogens is 2. The standard InChI is InChI=1S/C21H23F2N3O5S/c22-16-6-8-17(9-7-16)24-20(27)25-10-3-12-30-21(14-25)15-26(11-13-31-21)32(28,29)19-5-2-1-4-18(19)23/h1-2,4-9H,3,10-15H2,(H,24,27). The van der Waals surface area contributed by atoms with Crippen molar-refractivity contribution < 1.29 is 31.5 Å². The molecule has 0 radical (unpaired) electrons. The summed E-state index contributed by atoms with van der Waals surface area (Å²) in [7, 11) is -4.13. The minimum absolute atomic E-state index is 0.0245. The van der Waals surface area contributed by atoms with E-state index in [1.165, 1.54) is 47.4 Å². The molecule has 0 aromatic heterocycles. The van der Waals surface area contributed by atoms with Crippen molar-refractivity contribution in [2.75, 3.05) is 44.7 Å². The molecule has 1 unspecified atom stereocenters. The molecular formula is C21H23F2N3O5S. The van der Waals surface area contributed by atoms with Gasteiger partial charge in [0.15, 0.2) is 5.79 Å². The Morgan fingerprint density at radius 1 is 0.969 bits per heavy atom. The fourth-order valence-corrected chi connectivity index (χ4v) is 5.27. The summed E-state index contributed by atoms with van der Waals surface area (Å²) >= 11 is 0. The van der Waals surface area contributed by atoms with Crippen LogP contribution < -0.4 is 5.32 Å². The number of amides is 2. The number of hydrogen-bond acceptors (Lipinski definition) is 5. The van der Waals surface area contributed by atoms with E-state index < -0.39 is 38.4 Å². The molecule has 0 bridgehead atoms. The predicted molar refractivity (Wildman–Crippen MR) is 111 cm³/mol. The van der Waals surface area contributed by atoms with Crippen LogP contribution in [-0.4, -0.2) is 68.8 Å². The highest BCUT2D eigenvalue weighted by Gasteiger charge is 2.45. The van der Waals surface area contributed by atoms with Crippen molar-refractivity contribution in [1.29, 1.82) is 0 Å². The van der Waals surface area contributed by atoms with E-state index in [0.717, 1.165) is 10.4 Å². The molecule has 32 heavy (non-hydrogen) atoms. The first kappa shape index (κ1) is 22.6. The lowest BCUT2D eigenvalue weighted by atomic mass is 10.2. The first-order valence-electron chi connectivity index (χ1n) is 10.1. The normalized spacial score (nSPS) is 22.5. The van der Waals surface area contributed by atoms with E-state index >= 15 is 0 Å². The van der Waals surface area contributed by atoms with Gasteiger partial charge >= 0.3 is 6.03 Å². The lowest BCUT2D eigenvalue weighted by molar-refractivity contribution is -0.255. The maximum Gasteiger partial charge on any atom is 0.322 e. The Bertz CT molecular complexity index is 1080. The summed E-state index contributed by atoms with van der Waals surface area (Å²) in [5.41, 5.74) is 0.420. The van der Waals surface area contributed by atoms with Gasteiger partial charge in [-0.05, 0) is 42.8 Å². The summed E-state index contributed by atoms with van der Waals surface area (Å²) in [5.74, 6) is -2.64. The van der Waals surface area contributed by atoms with Crippen molar-refractivity contribution >= 4 is 21.7 Å². The fraction of sp³-hybridized carbons (Fsp3) is 0.381. The Kier molecular flexibility index (Phi) is 6.42. The molecule has 1 atom stereocenters. The third-order valence-corrected chi connectivity index (χ3v) is 7.21. The molecule has 1 N–H and O–H groups in total. The Balaban J connectivity index is 1.52. The zero-order valence-electron chi connectivity index (χ0n) is 17.2. The van der Waals surface area contributed by atoms with Crippen LogP contribution in [0.15, 0.2) is 53.4 Å². The molecule has 1 spiro atoms. The van der Waals surface area contributed by atoms with Gasteiger partial charge in [-0.3, -0.25) is 0 Å². The van der Waals surface area contributed by atoms with E-state index in [1.807, 2.05) is 0 Å². The molecule has 2 aromatic rings. The number of benzene rings is 2. The van der Waals surface area contributed by atoms with E-state index in [0.29, 0.717) is 18.7 Å². The number of rotatable bonds is 3. The molecule has 11 heteroatoms. The van der Waals surface area contributed by atoms with Crippen LogP contribution in [0.25, 0.3) is 0 Å². The van der Waals surface area contributed by atoms with Crippen LogP contribution in [0, 0.1) is 11.6 Å². The molecule has 2 aliphatic heterocycles. The second-order valence-electron chi connectivity index (χ2n) is 7.59. The summed E-state index contributed by atoms with van der Waals surface area (Å²) in [6.45, 7) is 0.462. The monoisotopic (exact) mass is 467 g/mol. The first-order valence-corrected chi connectivity index (χ1v) is 11.6. The molecule has 2 amide bonds. The first-order chi connectivity index (χ1) is 15.3. The molecule has 172 valence electrons. The molecule has 2 fully saturated rings. The molecule has 2 saturated heterocycles. The van der Waals surface area contributed by atoms with Gasteiger partial charge in [-0.25, -0.2) is 22.0 Å². The van der Waals surface area contributed by atoms with Crippen molar-refractivity contribution in [3.05, 3.63) is 60.2 Å². The summed E-state index contributed by atoms with van der Waals surface area (Å²) in [4.78, 5) is 13.9. The van der Waals surface area contributed by atoms with Crippen LogP contribution >= 0.6 is 0 Å². The highest BCUT2D eigenvalue weighted by Crippen LogP contribution is 2.29. The van der Waals surface area contributed by atoms with Crippen molar-refractivity contribution in [3.63, 3.8) is 0 Å². The highest BCUT2D eigenvalue weighted by molar-refractivity contribution is 7.89. The number of nitrogens with zero attached hydrogens (tertiary/aromatic N) is 2. The van der Waals surface area contributed by atoms with Gasteiger partial charge in [-0.1, -0.05) is 12.1 Å². The van der Waals surface area contributed by atoms with E-state index in [1.54, 1.807) is 0 Å². The number of hydrogen-bond donors (Lipinski definition) is 1. The summed E-state index contributed by atoms with van der Waals surface area (Å²) < 4.78 is 66.2. The summed E-state index contributed by atoms with van der Waals surface area (Å²) in [5, 5.41) is 2.69. The maximum atomic E-state index is 14.2. The average Bonchev–Trinajstić information content (AvgIpc) is 2.98. The third-order valence-electron chi connectivity index (χ3n) is 5.33. The van der Waals surface area contributed by atoms with E-state index in [4.69, 9.17) is 9.47 Å². The Hall–Kier alpha value is -2.60. The predicted octanol–water partition coefficient (Wildman–Crippen LogP) is 2.64. The number of carbonyl (C=O) groups excluding carboxylic acids is 1. The van der Waals surface area contributed by atoms with Crippen LogP contribution in [0.2, 0.25) is 0 Å². The second-order valence-corrected chi connectivity index (χ2v) is 9.50. The van der Waals surface area contributed by atoms with Gasteiger partial charge in [-0.2, -0.15) is 4.31 Å². The Labute approximate surface area is 184 Å². The van der Waals surface area contributed by atoms with E-state index in [-0.39, 0.29) is 32.8 Å². The molecule has 2 aromatic carbocycles. The van der Waals surface area contributed by atoms with Gasteiger partial charge in [0, 0.05) is 18.8 Å². The van der Waals surface area contributed by atoms with Crippen LogP contribution in [0.4, 0.5) is 19.3 Å². The highest BCUT2D eigenvalue weighted by atomic mass is 32.2. The van der Waals surface area contributed by atoms with Crippen molar-refractivity contribution in [1.82, 2.24) is 9.21 Å². The molecular weight excluding hydrogens is 444 g/mol. The number of nitrogens with one attached hydrogen (secondary N) is 1. The second kappa shape index (κ2) is 9.10. The maximum absolute atomic E-state index is 14.2. The lowest BCUT2D eigenvalue weighted by Crippen LogP contribution is -2.59. The molecule has 0 saturated carbocycles. The quantitative estimate of drug-likeness (QED) is 0.750. The summed E-state index contributed by atoms with van der Waals surface area (Å²) in [6, 6.07) is 10.1. The number of urea groups is 1. The van der Waals surface area contributed by atoms with Gasteiger partial charge in [-0.15, -0.1) is 0 Å². The third kappa shape index (κ3) is 4.75. The van der Waals surface area contributed by atoms with E-state index in [9.17, 15) is 22.0 Å². The zero-order valence-corrected chi connectivity index (χ0v) is 18.0. The van der Waals surface area contributed by atoms with Gasteiger partial charge < -0.3 is 19.7 Å². The van der Waals surface area contributed by atoms with E-state index in [2.05, 4.69) is 5.32 Å². The largest absolute Gasteiger partial charge is 0.347 e. The number of morpholine rings is 1. The van der Waals surface area contributed by atoms with Crippen molar-refractivity contribution in [2.45, 2.75) is 17.1 Å². The summed E-state index contributed by atoms with van der Waals surface area (Å²) in [6.07, 6.45) is 0.516. The van der Waals surface area contributed by atoms with Gasteiger partial charge in [0.2, 0.25) is 10.0 Å². The number of ether oxygens (including phenoxy) is 2. The number of anilines is 1. The fourth-order valence-electron chi connectivity index (χ4n) is 3.75. The smallest absolute Gasteiger partial charge is 0.322 e. The van der Waals surface area contributed by atoms with Crippen LogP contribution in [0.3, 0.4) is 0 Å².